The zero-order valence-corrected chi connectivity index (χ0v) is 6.58. The van der Waals surface area contributed by atoms with Crippen LogP contribution in [0.15, 0.2) is 29.8 Å². The molecule has 0 atom stereocenters. The van der Waals surface area contributed by atoms with Gasteiger partial charge in [-0.1, -0.05) is 0 Å². The van der Waals surface area contributed by atoms with Crippen molar-refractivity contribution in [1.82, 2.24) is 9.78 Å². The van der Waals surface area contributed by atoms with Gasteiger partial charge < -0.3 is 5.73 Å². The van der Waals surface area contributed by atoms with E-state index < -0.39 is 0 Å². The van der Waals surface area contributed by atoms with Gasteiger partial charge in [0.05, 0.1) is 6.20 Å². The van der Waals surface area contributed by atoms with Crippen molar-refractivity contribution in [2.24, 2.45) is 0 Å². The summed E-state index contributed by atoms with van der Waals surface area (Å²) < 4.78 is 1.71. The van der Waals surface area contributed by atoms with Gasteiger partial charge in [-0.3, -0.25) is 0 Å². The highest BCUT2D eigenvalue weighted by molar-refractivity contribution is 7.12. The number of thiophene rings is 1. The molecule has 3 nitrogen and oxygen atoms in total. The zero-order chi connectivity index (χ0) is 7.68. The number of nitrogens with two attached hydrogens (primary N) is 1. The van der Waals surface area contributed by atoms with Crippen LogP contribution in [0.1, 0.15) is 0 Å². The van der Waals surface area contributed by atoms with Crippen LogP contribution in [0.3, 0.4) is 0 Å². The minimum Gasteiger partial charge on any atom is -0.384 e. The topological polar surface area (TPSA) is 43.8 Å². The molecule has 56 valence electrons. The minimum atomic E-state index is 0.674. The lowest BCUT2D eigenvalue weighted by molar-refractivity contribution is 0.908. The molecule has 0 bridgehead atoms. The third-order valence-electron chi connectivity index (χ3n) is 1.39. The van der Waals surface area contributed by atoms with Crippen LogP contribution >= 0.6 is 11.3 Å². The second-order valence-electron chi connectivity index (χ2n) is 2.12. The smallest absolute Gasteiger partial charge is 0.128 e. The standard InChI is InChI=1S/C7H7N3S/c8-6-3-4-9-10(6)7-2-1-5-11-7/h1-5H,8H2. The average molecular weight is 165 g/mol. The molecule has 11 heavy (non-hydrogen) atoms. The van der Waals surface area contributed by atoms with Crippen molar-refractivity contribution in [3.05, 3.63) is 29.8 Å². The van der Waals surface area contributed by atoms with Crippen molar-refractivity contribution < 1.29 is 0 Å². The lowest BCUT2D eigenvalue weighted by atomic mass is 10.6. The Bertz CT molecular complexity index is 336. The Morgan fingerprint density at radius 1 is 1.45 bits per heavy atom. The Kier molecular flexibility index (Phi) is 1.40. The molecular weight excluding hydrogens is 158 g/mol. The van der Waals surface area contributed by atoms with Gasteiger partial charge in [0.15, 0.2) is 0 Å². The average Bonchev–Trinajstić information content (AvgIpc) is 2.55. The predicted molar refractivity (Wildman–Crippen MR) is 45.9 cm³/mol. The van der Waals surface area contributed by atoms with Crippen LogP contribution in [0.2, 0.25) is 0 Å². The highest BCUT2D eigenvalue weighted by Crippen LogP contribution is 2.16. The summed E-state index contributed by atoms with van der Waals surface area (Å²) in [4.78, 5) is 0. The molecule has 0 fully saturated rings. The van der Waals surface area contributed by atoms with Crippen molar-refractivity contribution in [3.8, 4) is 5.00 Å². The lowest BCUT2D eigenvalue weighted by Crippen LogP contribution is -1.98. The highest BCUT2D eigenvalue weighted by Gasteiger charge is 1.99. The van der Waals surface area contributed by atoms with Crippen LogP contribution in [0.5, 0.6) is 0 Å². The van der Waals surface area contributed by atoms with Gasteiger partial charge in [-0.2, -0.15) is 5.10 Å². The quantitative estimate of drug-likeness (QED) is 0.696. The summed E-state index contributed by atoms with van der Waals surface area (Å²) >= 11 is 1.62. The summed E-state index contributed by atoms with van der Waals surface area (Å²) in [5.41, 5.74) is 5.64. The molecule has 2 rings (SSSR count). The van der Waals surface area contributed by atoms with Crippen LogP contribution in [0, 0.1) is 0 Å². The Labute approximate surface area is 68.1 Å². The van der Waals surface area contributed by atoms with Crippen LogP contribution < -0.4 is 5.73 Å². The first-order valence-electron chi connectivity index (χ1n) is 3.21. The first-order valence-corrected chi connectivity index (χ1v) is 4.09. The SMILES string of the molecule is Nc1ccnn1-c1cccs1. The van der Waals surface area contributed by atoms with Crippen molar-refractivity contribution in [2.75, 3.05) is 5.73 Å². The fourth-order valence-corrected chi connectivity index (χ4v) is 1.59. The Morgan fingerprint density at radius 2 is 2.36 bits per heavy atom. The maximum Gasteiger partial charge on any atom is 0.128 e. The van der Waals surface area contributed by atoms with Crippen molar-refractivity contribution >= 4 is 17.2 Å². The molecule has 0 saturated carbocycles. The van der Waals surface area contributed by atoms with Gasteiger partial charge in [-0.05, 0) is 17.5 Å². The van der Waals surface area contributed by atoms with Crippen molar-refractivity contribution in [3.63, 3.8) is 0 Å². The number of hydrogen-bond donors (Lipinski definition) is 1. The number of nitrogen functional groups attached to an aromatic ring is 1. The Balaban J connectivity index is 2.53. The second kappa shape index (κ2) is 2.39. The largest absolute Gasteiger partial charge is 0.384 e. The van der Waals surface area contributed by atoms with Crippen molar-refractivity contribution in [1.29, 1.82) is 0 Å². The van der Waals surface area contributed by atoms with E-state index in [9.17, 15) is 0 Å². The van der Waals surface area contributed by atoms with E-state index in [-0.39, 0.29) is 0 Å². The normalized spacial score (nSPS) is 10.2. The minimum absolute atomic E-state index is 0.674. The molecule has 0 spiro atoms. The number of aromatic nitrogens is 2. The molecule has 2 aromatic rings. The van der Waals surface area contributed by atoms with Gasteiger partial charge in [0.1, 0.15) is 10.8 Å². The number of nitrogens with zero attached hydrogens (tertiary/aromatic N) is 2. The van der Waals surface area contributed by atoms with E-state index in [2.05, 4.69) is 5.10 Å². The monoisotopic (exact) mass is 165 g/mol. The number of hydrogen-bond acceptors (Lipinski definition) is 3. The number of anilines is 1. The summed E-state index contributed by atoms with van der Waals surface area (Å²) in [6, 6.07) is 5.73. The second-order valence-corrected chi connectivity index (χ2v) is 3.05. The third-order valence-corrected chi connectivity index (χ3v) is 2.23. The van der Waals surface area contributed by atoms with Gasteiger partial charge in [0.2, 0.25) is 0 Å². The maximum atomic E-state index is 5.64. The molecule has 0 saturated heterocycles. The van der Waals surface area contributed by atoms with Crippen LogP contribution in [0.4, 0.5) is 5.82 Å². The van der Waals surface area contributed by atoms with E-state index >= 15 is 0 Å². The molecule has 0 aliphatic heterocycles. The summed E-state index contributed by atoms with van der Waals surface area (Å²) in [6.07, 6.45) is 1.69. The molecule has 0 amide bonds. The van der Waals surface area contributed by atoms with Gasteiger partial charge in [-0.25, -0.2) is 4.68 Å². The van der Waals surface area contributed by atoms with Crippen LogP contribution in [-0.4, -0.2) is 9.78 Å². The fourth-order valence-electron chi connectivity index (χ4n) is 0.888. The first-order chi connectivity index (χ1) is 5.38. The van der Waals surface area contributed by atoms with E-state index in [1.165, 1.54) is 0 Å². The maximum absolute atomic E-state index is 5.64. The molecule has 0 aromatic carbocycles. The molecular formula is C7H7N3S. The summed E-state index contributed by atoms with van der Waals surface area (Å²) in [7, 11) is 0. The van der Waals surface area contributed by atoms with E-state index in [1.807, 2.05) is 17.5 Å². The molecule has 2 aromatic heterocycles. The highest BCUT2D eigenvalue weighted by atomic mass is 32.1. The molecule has 2 heterocycles. The fraction of sp³-hybridized carbons (Fsp3) is 0. The van der Waals surface area contributed by atoms with E-state index in [0.717, 1.165) is 5.00 Å². The zero-order valence-electron chi connectivity index (χ0n) is 5.77. The summed E-state index contributed by atoms with van der Waals surface area (Å²) in [5, 5.41) is 7.11. The first kappa shape index (κ1) is 6.42. The van der Waals surface area contributed by atoms with Crippen LogP contribution in [0.25, 0.3) is 5.00 Å². The predicted octanol–water partition coefficient (Wildman–Crippen LogP) is 1.52. The van der Waals surface area contributed by atoms with Crippen LogP contribution in [-0.2, 0) is 0 Å². The lowest BCUT2D eigenvalue weighted by Gasteiger charge is -1.97. The summed E-state index contributed by atoms with van der Waals surface area (Å²) in [6.45, 7) is 0. The Morgan fingerprint density at radius 3 is 2.91 bits per heavy atom. The molecule has 0 aliphatic rings. The van der Waals surface area contributed by atoms with Gasteiger partial charge in [0.25, 0.3) is 0 Å². The van der Waals surface area contributed by atoms with E-state index in [1.54, 1.807) is 28.3 Å². The van der Waals surface area contributed by atoms with E-state index in [0.29, 0.717) is 5.82 Å². The third kappa shape index (κ3) is 1.01. The molecule has 2 N–H and O–H groups in total. The molecule has 0 aliphatic carbocycles. The molecule has 0 unspecified atom stereocenters. The van der Waals surface area contributed by atoms with Crippen molar-refractivity contribution in [2.45, 2.75) is 0 Å². The molecule has 4 heteroatoms. The summed E-state index contributed by atoms with van der Waals surface area (Å²) in [5.74, 6) is 0.674. The number of rotatable bonds is 1. The Hall–Kier alpha value is -1.29. The van der Waals surface area contributed by atoms with E-state index in [4.69, 9.17) is 5.73 Å². The van der Waals surface area contributed by atoms with Gasteiger partial charge >= 0.3 is 0 Å². The van der Waals surface area contributed by atoms with Gasteiger partial charge in [-0.15, -0.1) is 11.3 Å². The van der Waals surface area contributed by atoms with Gasteiger partial charge in [0, 0.05) is 6.07 Å². The molecule has 0 radical (unpaired) electrons.